The second-order valence-electron chi connectivity index (χ2n) is 4.77. The predicted octanol–water partition coefficient (Wildman–Crippen LogP) is 0.376. The SMILES string of the molecule is NCc1nc(C(=O)NC2CCCC(C(N)=O)C2)cs1. The summed E-state index contributed by atoms with van der Waals surface area (Å²) >= 11 is 1.37. The summed E-state index contributed by atoms with van der Waals surface area (Å²) < 4.78 is 0. The molecule has 1 aliphatic rings. The van der Waals surface area contributed by atoms with Crippen molar-refractivity contribution in [1.29, 1.82) is 0 Å². The van der Waals surface area contributed by atoms with Gasteiger partial charge in [-0.25, -0.2) is 4.98 Å². The first-order valence-corrected chi connectivity index (χ1v) is 7.22. The van der Waals surface area contributed by atoms with E-state index in [-0.39, 0.29) is 23.8 Å². The van der Waals surface area contributed by atoms with Crippen molar-refractivity contribution in [3.8, 4) is 0 Å². The minimum Gasteiger partial charge on any atom is -0.369 e. The Labute approximate surface area is 115 Å². The lowest BCUT2D eigenvalue weighted by atomic mass is 9.85. The predicted molar refractivity (Wildman–Crippen MR) is 72.4 cm³/mol. The first-order valence-electron chi connectivity index (χ1n) is 6.34. The molecular formula is C12H18N4O2S. The number of carbonyl (C=O) groups excluding carboxylic acids is 2. The van der Waals surface area contributed by atoms with E-state index < -0.39 is 0 Å². The van der Waals surface area contributed by atoms with Crippen LogP contribution in [0.25, 0.3) is 0 Å². The van der Waals surface area contributed by atoms with Crippen LogP contribution in [0.15, 0.2) is 5.38 Å². The molecule has 0 aliphatic heterocycles. The largest absolute Gasteiger partial charge is 0.369 e. The fourth-order valence-corrected chi connectivity index (χ4v) is 3.00. The average Bonchev–Trinajstić information content (AvgIpc) is 2.88. The number of nitrogens with two attached hydrogens (primary N) is 2. The summed E-state index contributed by atoms with van der Waals surface area (Å²) in [6.07, 6.45) is 3.22. The van der Waals surface area contributed by atoms with Crippen molar-refractivity contribution in [3.63, 3.8) is 0 Å². The van der Waals surface area contributed by atoms with Crippen LogP contribution in [0.1, 0.15) is 41.2 Å². The lowest BCUT2D eigenvalue weighted by Gasteiger charge is -2.27. The number of nitrogens with one attached hydrogen (secondary N) is 1. The first kappa shape index (κ1) is 14.0. The van der Waals surface area contributed by atoms with Gasteiger partial charge in [-0.05, 0) is 19.3 Å². The Bertz CT molecular complexity index is 474. The maximum Gasteiger partial charge on any atom is 0.270 e. The molecule has 104 valence electrons. The fraction of sp³-hybridized carbons (Fsp3) is 0.583. The zero-order chi connectivity index (χ0) is 13.8. The van der Waals surface area contributed by atoms with E-state index >= 15 is 0 Å². The summed E-state index contributed by atoms with van der Waals surface area (Å²) in [6.45, 7) is 0.338. The molecule has 2 amide bonds. The molecule has 1 aliphatic carbocycles. The molecule has 2 atom stereocenters. The Hall–Kier alpha value is -1.47. The van der Waals surface area contributed by atoms with Crippen molar-refractivity contribution < 1.29 is 9.59 Å². The van der Waals surface area contributed by atoms with Crippen LogP contribution in [0.2, 0.25) is 0 Å². The van der Waals surface area contributed by atoms with Crippen LogP contribution in [0.5, 0.6) is 0 Å². The molecule has 0 aromatic carbocycles. The monoisotopic (exact) mass is 282 g/mol. The summed E-state index contributed by atoms with van der Waals surface area (Å²) in [5.74, 6) is -0.613. The molecule has 2 unspecified atom stereocenters. The van der Waals surface area contributed by atoms with Crippen LogP contribution in [0, 0.1) is 5.92 Å². The lowest BCUT2D eigenvalue weighted by molar-refractivity contribution is -0.122. The molecule has 0 radical (unpaired) electrons. The molecular weight excluding hydrogens is 264 g/mol. The number of hydrogen-bond donors (Lipinski definition) is 3. The number of primary amides is 1. The van der Waals surface area contributed by atoms with Gasteiger partial charge in [0.15, 0.2) is 0 Å². The minimum atomic E-state index is -0.280. The highest BCUT2D eigenvalue weighted by Gasteiger charge is 2.27. The maximum atomic E-state index is 12.0. The molecule has 1 fully saturated rings. The number of amides is 2. The van der Waals surface area contributed by atoms with Gasteiger partial charge in [0.2, 0.25) is 5.91 Å². The van der Waals surface area contributed by atoms with Crippen LogP contribution >= 0.6 is 11.3 Å². The van der Waals surface area contributed by atoms with E-state index in [0.717, 1.165) is 24.3 Å². The number of aromatic nitrogens is 1. The van der Waals surface area contributed by atoms with E-state index in [4.69, 9.17) is 11.5 Å². The van der Waals surface area contributed by atoms with Crippen molar-refractivity contribution in [2.45, 2.75) is 38.3 Å². The summed E-state index contributed by atoms with van der Waals surface area (Å²) in [4.78, 5) is 27.3. The van der Waals surface area contributed by atoms with Crippen molar-refractivity contribution in [2.24, 2.45) is 17.4 Å². The Morgan fingerprint density at radius 1 is 1.47 bits per heavy atom. The highest BCUT2D eigenvalue weighted by molar-refractivity contribution is 7.09. The van der Waals surface area contributed by atoms with Gasteiger partial charge in [0.1, 0.15) is 10.7 Å². The number of thiazole rings is 1. The Kier molecular flexibility index (Phi) is 4.49. The Morgan fingerprint density at radius 2 is 2.26 bits per heavy atom. The quantitative estimate of drug-likeness (QED) is 0.741. The van der Waals surface area contributed by atoms with Gasteiger partial charge in [-0.2, -0.15) is 0 Å². The summed E-state index contributed by atoms with van der Waals surface area (Å²) in [7, 11) is 0. The number of rotatable bonds is 4. The zero-order valence-electron chi connectivity index (χ0n) is 10.6. The lowest BCUT2D eigenvalue weighted by Crippen LogP contribution is -2.41. The second kappa shape index (κ2) is 6.12. The van der Waals surface area contributed by atoms with E-state index in [9.17, 15) is 9.59 Å². The first-order chi connectivity index (χ1) is 9.10. The van der Waals surface area contributed by atoms with Crippen molar-refractivity contribution >= 4 is 23.2 Å². The van der Waals surface area contributed by atoms with Crippen LogP contribution in [-0.2, 0) is 11.3 Å². The number of carbonyl (C=O) groups is 2. The average molecular weight is 282 g/mol. The third-order valence-corrected chi connectivity index (χ3v) is 4.24. The van der Waals surface area contributed by atoms with E-state index in [2.05, 4.69) is 10.3 Å². The molecule has 1 heterocycles. The highest BCUT2D eigenvalue weighted by Crippen LogP contribution is 2.24. The molecule has 0 saturated heterocycles. The van der Waals surface area contributed by atoms with Gasteiger partial charge in [-0.1, -0.05) is 6.42 Å². The zero-order valence-corrected chi connectivity index (χ0v) is 11.4. The maximum absolute atomic E-state index is 12.0. The standard InChI is InChI=1S/C12H18N4O2S/c13-5-10-16-9(6-19-10)12(18)15-8-3-1-2-7(4-8)11(14)17/h6-8H,1-5,13H2,(H2,14,17)(H,15,18). The molecule has 19 heavy (non-hydrogen) atoms. The van der Waals surface area contributed by atoms with E-state index in [1.54, 1.807) is 5.38 Å². The van der Waals surface area contributed by atoms with Gasteiger partial charge in [0, 0.05) is 23.9 Å². The number of hydrogen-bond acceptors (Lipinski definition) is 5. The van der Waals surface area contributed by atoms with Crippen molar-refractivity contribution in [3.05, 3.63) is 16.1 Å². The molecule has 5 N–H and O–H groups in total. The molecule has 0 spiro atoms. The molecule has 7 heteroatoms. The topological polar surface area (TPSA) is 111 Å². The van der Waals surface area contributed by atoms with Crippen LogP contribution < -0.4 is 16.8 Å². The minimum absolute atomic E-state index is 0.00164. The summed E-state index contributed by atoms with van der Waals surface area (Å²) in [6, 6.07) is 0.00164. The van der Waals surface area contributed by atoms with Crippen LogP contribution in [-0.4, -0.2) is 22.8 Å². The molecule has 2 rings (SSSR count). The van der Waals surface area contributed by atoms with E-state index in [1.165, 1.54) is 11.3 Å². The molecule has 0 bridgehead atoms. The normalized spacial score (nSPS) is 23.0. The van der Waals surface area contributed by atoms with Gasteiger partial charge in [-0.15, -0.1) is 11.3 Å². The van der Waals surface area contributed by atoms with Gasteiger partial charge >= 0.3 is 0 Å². The van der Waals surface area contributed by atoms with Crippen LogP contribution in [0.3, 0.4) is 0 Å². The Morgan fingerprint density at radius 3 is 2.89 bits per heavy atom. The summed E-state index contributed by atoms with van der Waals surface area (Å²) in [5, 5.41) is 5.35. The molecule has 6 nitrogen and oxygen atoms in total. The van der Waals surface area contributed by atoms with Gasteiger partial charge in [0.25, 0.3) is 5.91 Å². The highest BCUT2D eigenvalue weighted by atomic mass is 32.1. The Balaban J connectivity index is 1.93. The molecule has 1 aromatic rings. The van der Waals surface area contributed by atoms with Gasteiger partial charge in [0.05, 0.1) is 0 Å². The van der Waals surface area contributed by atoms with E-state index in [1.807, 2.05) is 0 Å². The van der Waals surface area contributed by atoms with Crippen molar-refractivity contribution in [1.82, 2.24) is 10.3 Å². The van der Waals surface area contributed by atoms with Gasteiger partial charge in [-0.3, -0.25) is 9.59 Å². The van der Waals surface area contributed by atoms with Crippen LogP contribution in [0.4, 0.5) is 0 Å². The third-order valence-electron chi connectivity index (χ3n) is 3.37. The number of nitrogens with zero attached hydrogens (tertiary/aromatic N) is 1. The summed E-state index contributed by atoms with van der Waals surface area (Å²) in [5.41, 5.74) is 11.2. The van der Waals surface area contributed by atoms with Crippen molar-refractivity contribution in [2.75, 3.05) is 0 Å². The fourth-order valence-electron chi connectivity index (χ4n) is 2.35. The third kappa shape index (κ3) is 3.51. The smallest absolute Gasteiger partial charge is 0.270 e. The van der Waals surface area contributed by atoms with E-state index in [0.29, 0.717) is 18.7 Å². The molecule has 1 saturated carbocycles. The second-order valence-corrected chi connectivity index (χ2v) is 5.71. The van der Waals surface area contributed by atoms with Gasteiger partial charge < -0.3 is 16.8 Å². The molecule has 1 aromatic heterocycles.